The van der Waals surface area contributed by atoms with Gasteiger partial charge in [0.15, 0.2) is 5.65 Å². The lowest BCUT2D eigenvalue weighted by molar-refractivity contribution is 0.199. The minimum Gasteiger partial charge on any atom is -0.394 e. The molecular weight excluding hydrogens is 419 g/mol. The topological polar surface area (TPSA) is 73.9 Å². The van der Waals surface area contributed by atoms with Crippen LogP contribution < -0.4 is 4.90 Å². The number of anilines is 1. The molecule has 2 aromatic heterocycles. The highest BCUT2D eigenvalue weighted by molar-refractivity contribution is 5.83. The van der Waals surface area contributed by atoms with Crippen LogP contribution in [-0.2, 0) is 0 Å². The molecule has 1 aliphatic rings. The third kappa shape index (κ3) is 3.87. The van der Waals surface area contributed by atoms with E-state index in [1.165, 1.54) is 12.1 Å². The van der Waals surface area contributed by atoms with Crippen molar-refractivity contribution in [1.82, 2.24) is 14.6 Å². The van der Waals surface area contributed by atoms with E-state index in [2.05, 4.69) is 4.90 Å². The van der Waals surface area contributed by atoms with Gasteiger partial charge in [-0.25, -0.2) is 13.9 Å². The molecule has 33 heavy (non-hydrogen) atoms. The Bertz CT molecular complexity index is 1280. The van der Waals surface area contributed by atoms with E-state index in [4.69, 9.17) is 10.1 Å². The van der Waals surface area contributed by atoms with Gasteiger partial charge in [-0.2, -0.15) is 5.10 Å². The van der Waals surface area contributed by atoms with Gasteiger partial charge in [0.1, 0.15) is 11.6 Å². The molecule has 170 valence electrons. The van der Waals surface area contributed by atoms with E-state index in [-0.39, 0.29) is 18.5 Å². The van der Waals surface area contributed by atoms with Crippen LogP contribution in [0.15, 0.2) is 54.6 Å². The standard InChI is InChI=1S/C26H27FN4O2/c1-16-25(20-7-5-18(6-8-20)17(2)33)26-28-24(30-13-3-4-22(30)15-32)14-23(31(26)29-16)19-9-11-21(27)12-10-19/h5-12,14,17,22,32-33H,3-4,13,15H2,1-2H3. The molecule has 1 saturated heterocycles. The van der Waals surface area contributed by atoms with Crippen LogP contribution in [0.1, 0.15) is 37.1 Å². The first-order chi connectivity index (χ1) is 16.0. The van der Waals surface area contributed by atoms with E-state index in [1.807, 2.05) is 41.8 Å². The molecule has 2 N–H and O–H groups in total. The van der Waals surface area contributed by atoms with Crippen LogP contribution >= 0.6 is 0 Å². The molecule has 1 fully saturated rings. The maximum absolute atomic E-state index is 13.6. The summed E-state index contributed by atoms with van der Waals surface area (Å²) in [6.07, 6.45) is 1.38. The monoisotopic (exact) mass is 446 g/mol. The van der Waals surface area contributed by atoms with Crippen molar-refractivity contribution >= 4 is 11.5 Å². The predicted octanol–water partition coefficient (Wildman–Crippen LogP) is 4.53. The number of aliphatic hydroxyl groups is 2. The average Bonchev–Trinajstić information content (AvgIpc) is 3.42. The SMILES string of the molecule is Cc1nn2c(-c3ccc(F)cc3)cc(N3CCCC3CO)nc2c1-c1ccc(C(C)O)cc1. The van der Waals surface area contributed by atoms with E-state index in [0.717, 1.165) is 58.8 Å². The van der Waals surface area contributed by atoms with E-state index >= 15 is 0 Å². The first kappa shape index (κ1) is 21.6. The van der Waals surface area contributed by atoms with Crippen molar-refractivity contribution in [2.24, 2.45) is 0 Å². The van der Waals surface area contributed by atoms with Gasteiger partial charge >= 0.3 is 0 Å². The quantitative estimate of drug-likeness (QED) is 0.471. The molecule has 6 nitrogen and oxygen atoms in total. The Hall–Kier alpha value is -3.29. The Kier molecular flexibility index (Phi) is 5.60. The zero-order chi connectivity index (χ0) is 23.1. The lowest BCUT2D eigenvalue weighted by Crippen LogP contribution is -2.32. The van der Waals surface area contributed by atoms with Gasteiger partial charge in [0.25, 0.3) is 0 Å². The van der Waals surface area contributed by atoms with Crippen molar-refractivity contribution in [3.8, 4) is 22.4 Å². The van der Waals surface area contributed by atoms with E-state index in [1.54, 1.807) is 19.1 Å². The van der Waals surface area contributed by atoms with Gasteiger partial charge in [-0.1, -0.05) is 24.3 Å². The van der Waals surface area contributed by atoms with Gasteiger partial charge in [0.2, 0.25) is 0 Å². The highest BCUT2D eigenvalue weighted by Gasteiger charge is 2.27. The summed E-state index contributed by atoms with van der Waals surface area (Å²) in [5.74, 6) is 0.486. The van der Waals surface area contributed by atoms with Crippen LogP contribution in [0.25, 0.3) is 28.0 Å². The van der Waals surface area contributed by atoms with Crippen molar-refractivity contribution in [1.29, 1.82) is 0 Å². The fourth-order valence-corrected chi connectivity index (χ4v) is 4.68. The van der Waals surface area contributed by atoms with Gasteiger partial charge in [-0.15, -0.1) is 0 Å². The second kappa shape index (κ2) is 8.57. The molecule has 4 aromatic rings. The van der Waals surface area contributed by atoms with Crippen LogP contribution in [0.2, 0.25) is 0 Å². The normalized spacial score (nSPS) is 17.1. The summed E-state index contributed by atoms with van der Waals surface area (Å²) in [6, 6.07) is 16.2. The summed E-state index contributed by atoms with van der Waals surface area (Å²) in [6.45, 7) is 4.59. The van der Waals surface area contributed by atoms with Gasteiger partial charge in [0, 0.05) is 23.7 Å². The molecule has 1 aliphatic heterocycles. The third-order valence-corrected chi connectivity index (χ3v) is 6.45. The molecule has 0 saturated carbocycles. The second-order valence-corrected chi connectivity index (χ2v) is 8.67. The summed E-state index contributed by atoms with van der Waals surface area (Å²) in [7, 11) is 0. The zero-order valence-corrected chi connectivity index (χ0v) is 18.7. The Balaban J connectivity index is 1.74. The van der Waals surface area contributed by atoms with Crippen molar-refractivity contribution in [3.63, 3.8) is 0 Å². The van der Waals surface area contributed by atoms with Crippen molar-refractivity contribution in [2.75, 3.05) is 18.1 Å². The number of fused-ring (bicyclic) bond motifs is 1. The molecule has 0 bridgehead atoms. The number of halogens is 1. The number of benzene rings is 2. The molecule has 7 heteroatoms. The van der Waals surface area contributed by atoms with Crippen LogP contribution in [-0.4, -0.2) is 44.0 Å². The Morgan fingerprint density at radius 3 is 2.45 bits per heavy atom. The van der Waals surface area contributed by atoms with Crippen LogP contribution in [0, 0.1) is 12.7 Å². The fourth-order valence-electron chi connectivity index (χ4n) is 4.68. The first-order valence-corrected chi connectivity index (χ1v) is 11.3. The van der Waals surface area contributed by atoms with Crippen LogP contribution in [0.5, 0.6) is 0 Å². The van der Waals surface area contributed by atoms with Crippen molar-refractivity contribution in [3.05, 3.63) is 71.7 Å². The molecular formula is C26H27FN4O2. The average molecular weight is 447 g/mol. The number of hydrogen-bond donors (Lipinski definition) is 2. The molecule has 0 amide bonds. The Morgan fingerprint density at radius 1 is 1.09 bits per heavy atom. The highest BCUT2D eigenvalue weighted by Crippen LogP contribution is 2.35. The van der Waals surface area contributed by atoms with E-state index in [9.17, 15) is 14.6 Å². The number of aromatic nitrogens is 3. The fraction of sp³-hybridized carbons (Fsp3) is 0.308. The number of nitrogens with zero attached hydrogens (tertiary/aromatic N) is 4. The van der Waals surface area contributed by atoms with E-state index < -0.39 is 6.10 Å². The lowest BCUT2D eigenvalue weighted by Gasteiger charge is -2.25. The maximum atomic E-state index is 13.6. The minimum atomic E-state index is -0.538. The molecule has 2 unspecified atom stereocenters. The number of aliphatic hydroxyl groups excluding tert-OH is 2. The maximum Gasteiger partial charge on any atom is 0.166 e. The predicted molar refractivity (Wildman–Crippen MR) is 127 cm³/mol. The molecule has 2 aromatic carbocycles. The minimum absolute atomic E-state index is 0.0267. The van der Waals surface area contributed by atoms with Gasteiger partial charge < -0.3 is 15.1 Å². The number of hydrogen-bond acceptors (Lipinski definition) is 5. The Morgan fingerprint density at radius 2 is 1.79 bits per heavy atom. The summed E-state index contributed by atoms with van der Waals surface area (Å²) in [4.78, 5) is 7.15. The van der Waals surface area contributed by atoms with Crippen LogP contribution in [0.4, 0.5) is 10.2 Å². The first-order valence-electron chi connectivity index (χ1n) is 11.3. The number of aryl methyl sites for hydroxylation is 1. The van der Waals surface area contributed by atoms with Gasteiger partial charge in [-0.3, -0.25) is 0 Å². The largest absolute Gasteiger partial charge is 0.394 e. The van der Waals surface area contributed by atoms with Gasteiger partial charge in [-0.05, 0) is 62.1 Å². The summed E-state index contributed by atoms with van der Waals surface area (Å²) < 4.78 is 15.4. The molecule has 0 radical (unpaired) electrons. The Labute approximate surface area is 191 Å². The van der Waals surface area contributed by atoms with Gasteiger partial charge in [0.05, 0.1) is 30.1 Å². The summed E-state index contributed by atoms with van der Waals surface area (Å²) in [5, 5.41) is 24.6. The van der Waals surface area contributed by atoms with Crippen LogP contribution in [0.3, 0.4) is 0 Å². The molecule has 2 atom stereocenters. The summed E-state index contributed by atoms with van der Waals surface area (Å²) >= 11 is 0. The third-order valence-electron chi connectivity index (χ3n) is 6.45. The second-order valence-electron chi connectivity index (χ2n) is 8.67. The molecule has 0 aliphatic carbocycles. The highest BCUT2D eigenvalue weighted by atomic mass is 19.1. The zero-order valence-electron chi connectivity index (χ0n) is 18.7. The van der Waals surface area contributed by atoms with Crippen molar-refractivity contribution < 1.29 is 14.6 Å². The van der Waals surface area contributed by atoms with Crippen molar-refractivity contribution in [2.45, 2.75) is 38.8 Å². The smallest absolute Gasteiger partial charge is 0.166 e. The lowest BCUT2D eigenvalue weighted by atomic mass is 10.0. The summed E-state index contributed by atoms with van der Waals surface area (Å²) in [5.41, 5.74) is 5.90. The molecule has 5 rings (SSSR count). The molecule has 3 heterocycles. The molecule has 0 spiro atoms. The number of rotatable bonds is 5. The van der Waals surface area contributed by atoms with E-state index in [0.29, 0.717) is 5.65 Å².